The molecule has 3 nitrogen and oxygen atoms in total. The molecule has 0 aromatic carbocycles. The van der Waals surface area contributed by atoms with Crippen LogP contribution >= 0.6 is 0 Å². The molecular formula is C12H28NO2+. The first-order chi connectivity index (χ1) is 7.14. The third kappa shape index (κ3) is 5.50. The molecule has 0 aliphatic carbocycles. The standard InChI is InChI=1S/C12H28NO2/c1-4-7-13(8-5-2,9-6-3)10-12(15)11-14/h12,14-15H,4-11H2,1-3H3/q+1. The lowest BCUT2D eigenvalue weighted by Crippen LogP contribution is -2.54. The van der Waals surface area contributed by atoms with Crippen molar-refractivity contribution in [1.29, 1.82) is 0 Å². The number of rotatable bonds is 9. The minimum absolute atomic E-state index is 0.114. The maximum absolute atomic E-state index is 9.61. The second kappa shape index (κ2) is 8.08. The van der Waals surface area contributed by atoms with Gasteiger partial charge in [-0.25, -0.2) is 0 Å². The lowest BCUT2D eigenvalue weighted by molar-refractivity contribution is -0.931. The van der Waals surface area contributed by atoms with Crippen molar-refractivity contribution in [2.24, 2.45) is 0 Å². The topological polar surface area (TPSA) is 40.5 Å². The third-order valence-corrected chi connectivity index (χ3v) is 2.90. The van der Waals surface area contributed by atoms with Gasteiger partial charge < -0.3 is 14.7 Å². The Morgan fingerprint density at radius 3 is 1.60 bits per heavy atom. The van der Waals surface area contributed by atoms with E-state index in [-0.39, 0.29) is 6.61 Å². The first kappa shape index (κ1) is 14.9. The number of aliphatic hydroxyl groups is 2. The molecule has 0 aliphatic heterocycles. The van der Waals surface area contributed by atoms with Gasteiger partial charge in [-0.1, -0.05) is 20.8 Å². The molecule has 0 amide bonds. The van der Waals surface area contributed by atoms with E-state index in [2.05, 4.69) is 20.8 Å². The van der Waals surface area contributed by atoms with Crippen LogP contribution in [-0.4, -0.2) is 53.6 Å². The van der Waals surface area contributed by atoms with Crippen LogP contribution in [0.25, 0.3) is 0 Å². The van der Waals surface area contributed by atoms with E-state index in [0.717, 1.165) is 43.4 Å². The monoisotopic (exact) mass is 218 g/mol. The Labute approximate surface area is 94.3 Å². The van der Waals surface area contributed by atoms with E-state index in [1.807, 2.05) is 0 Å². The van der Waals surface area contributed by atoms with Gasteiger partial charge in [0.05, 0.1) is 26.2 Å². The summed E-state index contributed by atoms with van der Waals surface area (Å²) in [6, 6.07) is 0. The van der Waals surface area contributed by atoms with Crippen LogP contribution in [0.2, 0.25) is 0 Å². The van der Waals surface area contributed by atoms with Crippen molar-refractivity contribution in [3.8, 4) is 0 Å². The van der Waals surface area contributed by atoms with Crippen LogP contribution in [0.4, 0.5) is 0 Å². The minimum Gasteiger partial charge on any atom is -0.393 e. The molecule has 0 bridgehead atoms. The smallest absolute Gasteiger partial charge is 0.126 e. The van der Waals surface area contributed by atoms with Crippen LogP contribution in [0.5, 0.6) is 0 Å². The van der Waals surface area contributed by atoms with Crippen molar-refractivity contribution in [1.82, 2.24) is 0 Å². The van der Waals surface area contributed by atoms with E-state index >= 15 is 0 Å². The molecule has 0 saturated carbocycles. The van der Waals surface area contributed by atoms with Gasteiger partial charge in [0.2, 0.25) is 0 Å². The van der Waals surface area contributed by atoms with Crippen molar-refractivity contribution in [2.75, 3.05) is 32.8 Å². The number of quaternary nitrogens is 1. The first-order valence-electron chi connectivity index (χ1n) is 6.28. The fraction of sp³-hybridized carbons (Fsp3) is 1.00. The molecule has 0 fully saturated rings. The maximum atomic E-state index is 9.61. The van der Waals surface area contributed by atoms with E-state index in [1.165, 1.54) is 0 Å². The van der Waals surface area contributed by atoms with Crippen molar-refractivity contribution < 1.29 is 14.7 Å². The van der Waals surface area contributed by atoms with Crippen LogP contribution < -0.4 is 0 Å². The number of aliphatic hydroxyl groups excluding tert-OH is 2. The Kier molecular flexibility index (Phi) is 8.02. The largest absolute Gasteiger partial charge is 0.393 e. The lowest BCUT2D eigenvalue weighted by atomic mass is 10.2. The average molecular weight is 218 g/mol. The molecule has 0 heterocycles. The summed E-state index contributed by atoms with van der Waals surface area (Å²) >= 11 is 0. The van der Waals surface area contributed by atoms with E-state index in [0.29, 0.717) is 6.54 Å². The molecule has 15 heavy (non-hydrogen) atoms. The summed E-state index contributed by atoms with van der Waals surface area (Å²) in [7, 11) is 0. The van der Waals surface area contributed by atoms with Crippen LogP contribution in [-0.2, 0) is 0 Å². The molecule has 1 unspecified atom stereocenters. The highest BCUT2D eigenvalue weighted by Gasteiger charge is 2.27. The number of nitrogens with zero attached hydrogens (tertiary/aromatic N) is 1. The maximum Gasteiger partial charge on any atom is 0.126 e. The molecule has 92 valence electrons. The quantitative estimate of drug-likeness (QED) is 0.574. The van der Waals surface area contributed by atoms with Crippen molar-refractivity contribution in [3.63, 3.8) is 0 Å². The van der Waals surface area contributed by atoms with Gasteiger partial charge in [0, 0.05) is 0 Å². The Hall–Kier alpha value is -0.120. The summed E-state index contributed by atoms with van der Waals surface area (Å²) in [5, 5.41) is 18.6. The van der Waals surface area contributed by atoms with Crippen molar-refractivity contribution >= 4 is 0 Å². The van der Waals surface area contributed by atoms with Crippen LogP contribution in [0.15, 0.2) is 0 Å². The zero-order valence-electron chi connectivity index (χ0n) is 10.6. The van der Waals surface area contributed by atoms with Crippen LogP contribution in [0, 0.1) is 0 Å². The summed E-state index contributed by atoms with van der Waals surface area (Å²) in [5.74, 6) is 0. The Balaban J connectivity index is 4.44. The normalized spacial score (nSPS) is 14.2. The van der Waals surface area contributed by atoms with Gasteiger partial charge in [-0.05, 0) is 19.3 Å². The summed E-state index contributed by atoms with van der Waals surface area (Å²) in [6.45, 7) is 10.5. The summed E-state index contributed by atoms with van der Waals surface area (Å²) in [4.78, 5) is 0. The van der Waals surface area contributed by atoms with E-state index < -0.39 is 6.10 Å². The van der Waals surface area contributed by atoms with E-state index in [1.54, 1.807) is 0 Å². The van der Waals surface area contributed by atoms with Gasteiger partial charge >= 0.3 is 0 Å². The Bertz CT molecular complexity index is 134. The molecule has 0 radical (unpaired) electrons. The molecule has 0 rings (SSSR count). The van der Waals surface area contributed by atoms with Gasteiger partial charge in [0.15, 0.2) is 0 Å². The van der Waals surface area contributed by atoms with Gasteiger partial charge in [-0.15, -0.1) is 0 Å². The molecule has 0 aromatic heterocycles. The molecule has 1 atom stereocenters. The predicted octanol–water partition coefficient (Wildman–Crippen LogP) is 1.39. The van der Waals surface area contributed by atoms with Crippen molar-refractivity contribution in [3.05, 3.63) is 0 Å². The SMILES string of the molecule is CCC[N+](CCC)(CCC)CC(O)CO. The minimum atomic E-state index is -0.561. The molecule has 0 aromatic rings. The lowest BCUT2D eigenvalue weighted by Gasteiger charge is -2.39. The fourth-order valence-electron chi connectivity index (χ4n) is 2.54. The van der Waals surface area contributed by atoms with Gasteiger partial charge in [0.1, 0.15) is 12.6 Å². The van der Waals surface area contributed by atoms with Gasteiger partial charge in [0.25, 0.3) is 0 Å². The molecular weight excluding hydrogens is 190 g/mol. The fourth-order valence-corrected chi connectivity index (χ4v) is 2.54. The molecule has 2 N–H and O–H groups in total. The van der Waals surface area contributed by atoms with Gasteiger partial charge in [-0.3, -0.25) is 0 Å². The molecule has 0 spiro atoms. The number of hydrogen-bond acceptors (Lipinski definition) is 2. The summed E-state index contributed by atoms with van der Waals surface area (Å²) in [5.41, 5.74) is 0. The predicted molar refractivity (Wildman–Crippen MR) is 63.7 cm³/mol. The highest BCUT2D eigenvalue weighted by atomic mass is 16.3. The Morgan fingerprint density at radius 2 is 1.33 bits per heavy atom. The third-order valence-electron chi connectivity index (χ3n) is 2.90. The molecule has 0 aliphatic rings. The first-order valence-corrected chi connectivity index (χ1v) is 6.28. The van der Waals surface area contributed by atoms with Crippen LogP contribution in [0.3, 0.4) is 0 Å². The second-order valence-corrected chi connectivity index (χ2v) is 4.53. The van der Waals surface area contributed by atoms with Gasteiger partial charge in [-0.2, -0.15) is 0 Å². The zero-order valence-corrected chi connectivity index (χ0v) is 10.6. The summed E-state index contributed by atoms with van der Waals surface area (Å²) < 4.78 is 0.964. The highest BCUT2D eigenvalue weighted by Crippen LogP contribution is 2.13. The van der Waals surface area contributed by atoms with Crippen LogP contribution in [0.1, 0.15) is 40.0 Å². The molecule has 0 saturated heterocycles. The van der Waals surface area contributed by atoms with Crippen molar-refractivity contribution in [2.45, 2.75) is 46.1 Å². The number of hydrogen-bond donors (Lipinski definition) is 2. The highest BCUT2D eigenvalue weighted by molar-refractivity contribution is 4.54. The average Bonchev–Trinajstić information content (AvgIpc) is 2.18. The second-order valence-electron chi connectivity index (χ2n) is 4.53. The van der Waals surface area contributed by atoms with E-state index in [9.17, 15) is 5.11 Å². The summed E-state index contributed by atoms with van der Waals surface area (Å²) in [6.07, 6.45) is 2.85. The Morgan fingerprint density at radius 1 is 0.933 bits per heavy atom. The molecule has 3 heteroatoms. The zero-order chi connectivity index (χ0) is 11.7. The van der Waals surface area contributed by atoms with E-state index in [4.69, 9.17) is 5.11 Å².